The van der Waals surface area contributed by atoms with Gasteiger partial charge in [0, 0.05) is 29.1 Å². The summed E-state index contributed by atoms with van der Waals surface area (Å²) >= 11 is 12.4. The van der Waals surface area contributed by atoms with Crippen molar-refractivity contribution in [2.45, 2.75) is 51.0 Å². The van der Waals surface area contributed by atoms with Crippen molar-refractivity contribution in [1.29, 1.82) is 0 Å². The molecule has 0 spiro atoms. The minimum absolute atomic E-state index is 0.0445. The lowest BCUT2D eigenvalue weighted by molar-refractivity contribution is -0.157. The van der Waals surface area contributed by atoms with E-state index in [0.29, 0.717) is 28.6 Å². The summed E-state index contributed by atoms with van der Waals surface area (Å²) < 4.78 is 0. The Morgan fingerprint density at radius 2 is 1.83 bits per heavy atom. The lowest BCUT2D eigenvalue weighted by Gasteiger charge is -2.32. The van der Waals surface area contributed by atoms with E-state index in [2.05, 4.69) is 0 Å². The number of likely N-dealkylation sites (tertiary alicyclic amines) is 1. The number of hydrogen-bond donors (Lipinski definition) is 1. The first-order valence-corrected chi connectivity index (χ1v) is 9.18. The Bertz CT molecular complexity index is 637. The fourth-order valence-corrected chi connectivity index (χ4v) is 4.51. The van der Waals surface area contributed by atoms with Crippen LogP contribution < -0.4 is 0 Å². The third kappa shape index (κ3) is 3.02. The molecule has 4 nitrogen and oxygen atoms in total. The smallest absolute Gasteiger partial charge is 0.319 e. The maximum Gasteiger partial charge on any atom is 0.319 e. The van der Waals surface area contributed by atoms with Gasteiger partial charge in [0.1, 0.15) is 0 Å². The number of carboxylic acid groups (broad SMARTS) is 1. The lowest BCUT2D eigenvalue weighted by Crippen LogP contribution is -2.46. The molecule has 1 aliphatic heterocycles. The van der Waals surface area contributed by atoms with Gasteiger partial charge in [0.05, 0.1) is 0 Å². The topological polar surface area (TPSA) is 57.6 Å². The van der Waals surface area contributed by atoms with Gasteiger partial charge in [0.15, 0.2) is 5.41 Å². The van der Waals surface area contributed by atoms with Gasteiger partial charge in [-0.2, -0.15) is 0 Å². The summed E-state index contributed by atoms with van der Waals surface area (Å²) in [6, 6.07) is 5.24. The van der Waals surface area contributed by atoms with Crippen molar-refractivity contribution >= 4 is 35.1 Å². The number of carboxylic acids is 1. The molecule has 24 heavy (non-hydrogen) atoms. The van der Waals surface area contributed by atoms with Crippen LogP contribution in [0.25, 0.3) is 0 Å². The second-order valence-corrected chi connectivity index (χ2v) is 7.62. The number of rotatable bonds is 4. The number of amides is 1. The van der Waals surface area contributed by atoms with Crippen molar-refractivity contribution in [1.82, 2.24) is 4.90 Å². The van der Waals surface area contributed by atoms with Crippen molar-refractivity contribution in [3.05, 3.63) is 33.8 Å². The number of nitrogens with zero attached hydrogens (tertiary/aromatic N) is 1. The maximum absolute atomic E-state index is 13.1. The average Bonchev–Trinajstić information content (AvgIpc) is 2.90. The number of carbonyl (C=O) groups excluding carboxylic acids is 1. The highest BCUT2D eigenvalue weighted by molar-refractivity contribution is 6.36. The molecule has 2 fully saturated rings. The second kappa shape index (κ2) is 6.93. The Balaban J connectivity index is 1.89. The van der Waals surface area contributed by atoms with Crippen molar-refractivity contribution in [3.8, 4) is 0 Å². The minimum Gasteiger partial charge on any atom is -0.480 e. The maximum atomic E-state index is 13.1. The molecule has 2 aliphatic rings. The van der Waals surface area contributed by atoms with Crippen LogP contribution in [0.2, 0.25) is 10.0 Å². The normalized spacial score (nSPS) is 25.2. The molecule has 1 N–H and O–H groups in total. The molecule has 1 aromatic rings. The number of carbonyl (C=O) groups is 2. The Morgan fingerprint density at radius 1 is 1.21 bits per heavy atom. The van der Waals surface area contributed by atoms with Gasteiger partial charge < -0.3 is 10.0 Å². The molecule has 1 unspecified atom stereocenters. The van der Waals surface area contributed by atoms with Gasteiger partial charge in [-0.1, -0.05) is 48.5 Å². The summed E-state index contributed by atoms with van der Waals surface area (Å²) in [7, 11) is 0. The zero-order valence-electron chi connectivity index (χ0n) is 13.4. The number of halogens is 2. The Kier molecular flexibility index (Phi) is 5.07. The van der Waals surface area contributed by atoms with E-state index in [1.807, 2.05) is 0 Å². The van der Waals surface area contributed by atoms with Crippen LogP contribution in [0.1, 0.15) is 44.1 Å². The molecule has 1 aromatic carbocycles. The fraction of sp³-hybridized carbons (Fsp3) is 0.556. The van der Waals surface area contributed by atoms with Crippen LogP contribution in [0.3, 0.4) is 0 Å². The van der Waals surface area contributed by atoms with Crippen LogP contribution in [0.15, 0.2) is 18.2 Å². The van der Waals surface area contributed by atoms with Crippen LogP contribution in [-0.2, 0) is 16.0 Å². The molecule has 1 heterocycles. The van der Waals surface area contributed by atoms with E-state index < -0.39 is 11.4 Å². The van der Waals surface area contributed by atoms with Crippen LogP contribution in [0, 0.1) is 5.41 Å². The summed E-state index contributed by atoms with van der Waals surface area (Å²) in [5.41, 5.74) is -0.909. The van der Waals surface area contributed by atoms with E-state index in [-0.39, 0.29) is 18.4 Å². The highest BCUT2D eigenvalue weighted by Crippen LogP contribution is 2.41. The summed E-state index contributed by atoms with van der Waals surface area (Å²) in [6.45, 7) is 0.498. The van der Waals surface area contributed by atoms with Crippen LogP contribution in [0.4, 0.5) is 0 Å². The van der Waals surface area contributed by atoms with Gasteiger partial charge in [-0.25, -0.2) is 0 Å². The van der Waals surface area contributed by atoms with Crippen molar-refractivity contribution in [2.24, 2.45) is 5.41 Å². The molecule has 1 saturated carbocycles. The second-order valence-electron chi connectivity index (χ2n) is 6.80. The van der Waals surface area contributed by atoms with Gasteiger partial charge in [0.25, 0.3) is 0 Å². The third-order valence-corrected chi connectivity index (χ3v) is 6.12. The molecule has 1 saturated heterocycles. The monoisotopic (exact) mass is 369 g/mol. The molecular weight excluding hydrogens is 349 g/mol. The molecule has 3 rings (SSSR count). The Morgan fingerprint density at radius 3 is 2.42 bits per heavy atom. The summed E-state index contributed by atoms with van der Waals surface area (Å²) in [5.74, 6) is -1.36. The van der Waals surface area contributed by atoms with E-state index in [9.17, 15) is 14.7 Å². The fourth-order valence-electron chi connectivity index (χ4n) is 3.98. The van der Waals surface area contributed by atoms with E-state index in [1.165, 1.54) is 6.42 Å². The van der Waals surface area contributed by atoms with Crippen molar-refractivity contribution in [2.75, 3.05) is 6.54 Å². The minimum atomic E-state index is -1.45. The third-order valence-electron chi connectivity index (χ3n) is 5.41. The standard InChI is InChI=1S/C18H21Cl2NO3/c19-14-7-4-8-15(20)13(14)11-18(17(23)24)9-10-21(16(18)22)12-5-2-1-3-6-12/h4,7-8,12H,1-3,5-6,9-11H2,(H,23,24). The van der Waals surface area contributed by atoms with Crippen molar-refractivity contribution < 1.29 is 14.7 Å². The number of aliphatic carboxylic acids is 1. The van der Waals surface area contributed by atoms with Gasteiger partial charge >= 0.3 is 5.97 Å². The van der Waals surface area contributed by atoms with Crippen molar-refractivity contribution in [3.63, 3.8) is 0 Å². The number of hydrogen-bond acceptors (Lipinski definition) is 2. The van der Waals surface area contributed by atoms with E-state index in [0.717, 1.165) is 25.7 Å². The quantitative estimate of drug-likeness (QED) is 0.810. The first-order chi connectivity index (χ1) is 11.5. The zero-order chi connectivity index (χ0) is 17.3. The zero-order valence-corrected chi connectivity index (χ0v) is 14.9. The molecule has 1 aliphatic carbocycles. The Labute approximate surface area is 151 Å². The van der Waals surface area contributed by atoms with Gasteiger partial charge in [0.2, 0.25) is 5.91 Å². The summed E-state index contributed by atoms with van der Waals surface area (Å²) in [6.07, 6.45) is 5.68. The Hall–Kier alpha value is -1.26. The van der Waals surface area contributed by atoms with Crippen LogP contribution in [0.5, 0.6) is 0 Å². The molecular formula is C18H21Cl2NO3. The summed E-state index contributed by atoms with van der Waals surface area (Å²) in [4.78, 5) is 26.9. The predicted octanol–water partition coefficient (Wildman–Crippen LogP) is 4.17. The molecule has 0 radical (unpaired) electrons. The molecule has 0 aromatic heterocycles. The van der Waals surface area contributed by atoms with Gasteiger partial charge in [-0.3, -0.25) is 9.59 Å². The highest BCUT2D eigenvalue weighted by Gasteiger charge is 2.54. The molecule has 1 atom stereocenters. The SMILES string of the molecule is O=C(O)C1(Cc2c(Cl)cccc2Cl)CCN(C2CCCCC2)C1=O. The average molecular weight is 370 g/mol. The highest BCUT2D eigenvalue weighted by atomic mass is 35.5. The number of benzene rings is 1. The van der Waals surface area contributed by atoms with Gasteiger partial charge in [-0.05, 0) is 37.0 Å². The first-order valence-electron chi connectivity index (χ1n) is 8.43. The largest absolute Gasteiger partial charge is 0.480 e. The van der Waals surface area contributed by atoms with Crippen LogP contribution in [-0.4, -0.2) is 34.5 Å². The van der Waals surface area contributed by atoms with E-state index in [1.54, 1.807) is 23.1 Å². The van der Waals surface area contributed by atoms with Gasteiger partial charge in [-0.15, -0.1) is 0 Å². The van der Waals surface area contributed by atoms with E-state index in [4.69, 9.17) is 23.2 Å². The molecule has 6 heteroatoms. The predicted molar refractivity (Wildman–Crippen MR) is 93.4 cm³/mol. The van der Waals surface area contributed by atoms with E-state index >= 15 is 0 Å². The molecule has 0 bridgehead atoms. The molecule has 1 amide bonds. The van der Waals surface area contributed by atoms with Crippen LogP contribution >= 0.6 is 23.2 Å². The lowest BCUT2D eigenvalue weighted by atomic mass is 9.80. The first kappa shape index (κ1) is 17.6. The summed E-state index contributed by atoms with van der Waals surface area (Å²) in [5, 5.41) is 10.7. The molecule has 130 valence electrons.